The van der Waals surface area contributed by atoms with Gasteiger partial charge >= 0.3 is 0 Å². The summed E-state index contributed by atoms with van der Waals surface area (Å²) in [6, 6.07) is 0. The summed E-state index contributed by atoms with van der Waals surface area (Å²) in [5, 5.41) is 1.13. The van der Waals surface area contributed by atoms with Gasteiger partial charge in [-0.15, -0.1) is 0 Å². The molecule has 27 heavy (non-hydrogen) atoms. The van der Waals surface area contributed by atoms with Crippen LogP contribution in [0.4, 0.5) is 5.82 Å². The molecule has 2 aliphatic heterocycles. The maximum absolute atomic E-state index is 12.4. The number of anilines is 1. The van der Waals surface area contributed by atoms with Crippen LogP contribution in [0.5, 0.6) is 0 Å². The quantitative estimate of drug-likeness (QED) is 0.623. The number of hydrogen-bond acceptors (Lipinski definition) is 5. The summed E-state index contributed by atoms with van der Waals surface area (Å²) in [6.07, 6.45) is 2.49. The van der Waals surface area contributed by atoms with E-state index in [1.165, 1.54) is 39.5 Å². The summed E-state index contributed by atoms with van der Waals surface area (Å²) in [5.41, 5.74) is 3.62. The van der Waals surface area contributed by atoms with Crippen molar-refractivity contribution in [3.63, 3.8) is 0 Å². The largest absolute Gasteiger partial charge is 0.373 e. The van der Waals surface area contributed by atoms with Gasteiger partial charge in [0.15, 0.2) is 4.83 Å². The van der Waals surface area contributed by atoms with Crippen molar-refractivity contribution in [1.29, 1.82) is 0 Å². The van der Waals surface area contributed by atoms with Crippen LogP contribution in [0.1, 0.15) is 25.0 Å². The van der Waals surface area contributed by atoms with E-state index in [0.29, 0.717) is 4.70 Å². The second-order valence-electron chi connectivity index (χ2n) is 8.26. The standard InChI is InChI=1S/C19H23N5O2S/c1-19(2)8-11-12(9-23(19)3)16(24-4-6-26-7-5-24)22-18-13(11)14-15(27-18)17(25)21-10-20-14/h10H,4-9H2,1-3H3,(H,20,21,25)/p+2. The number of pyridine rings is 1. The topological polar surface area (TPSA) is 76.8 Å². The molecule has 0 spiro atoms. The van der Waals surface area contributed by atoms with Gasteiger partial charge in [-0.05, 0) is 19.4 Å². The Morgan fingerprint density at radius 1 is 1.33 bits per heavy atom. The lowest BCUT2D eigenvalue weighted by Gasteiger charge is -2.38. The van der Waals surface area contributed by atoms with Crippen molar-refractivity contribution in [3.05, 3.63) is 27.8 Å². The normalized spacial score (nSPS) is 22.3. The molecule has 0 aromatic carbocycles. The smallest absolute Gasteiger partial charge is 0.284 e. The average Bonchev–Trinajstić information content (AvgIpc) is 3.03. The SMILES string of the molecule is C[NH+]1Cc2c(N3CCOCC3)[nH+]c3sc4c(=O)[nH]cnc4c3c2CC1(C)C. The highest BCUT2D eigenvalue weighted by Crippen LogP contribution is 2.37. The van der Waals surface area contributed by atoms with Gasteiger partial charge in [-0.3, -0.25) is 9.69 Å². The number of aromatic amines is 2. The predicted molar refractivity (Wildman–Crippen MR) is 106 cm³/mol. The van der Waals surface area contributed by atoms with E-state index < -0.39 is 0 Å². The van der Waals surface area contributed by atoms with E-state index in [4.69, 9.17) is 4.74 Å². The Balaban J connectivity index is 1.84. The lowest BCUT2D eigenvalue weighted by molar-refractivity contribution is -0.945. The van der Waals surface area contributed by atoms with Crippen LogP contribution in [0.25, 0.3) is 20.4 Å². The maximum Gasteiger partial charge on any atom is 0.284 e. The lowest BCUT2D eigenvalue weighted by atomic mass is 9.84. The minimum atomic E-state index is -0.0610. The molecule has 3 aromatic rings. The van der Waals surface area contributed by atoms with Gasteiger partial charge in [0.05, 0.1) is 43.1 Å². The molecule has 1 unspecified atom stereocenters. The molecule has 0 aliphatic carbocycles. The highest BCUT2D eigenvalue weighted by Gasteiger charge is 2.40. The van der Waals surface area contributed by atoms with Gasteiger partial charge < -0.3 is 14.6 Å². The number of morpholine rings is 1. The Morgan fingerprint density at radius 2 is 2.11 bits per heavy atom. The van der Waals surface area contributed by atoms with E-state index in [2.05, 4.69) is 40.7 Å². The van der Waals surface area contributed by atoms with Gasteiger partial charge in [-0.2, -0.15) is 0 Å². The first-order valence-corrected chi connectivity index (χ1v) is 10.3. The zero-order chi connectivity index (χ0) is 18.8. The van der Waals surface area contributed by atoms with Crippen LogP contribution in [-0.4, -0.2) is 48.9 Å². The van der Waals surface area contributed by atoms with E-state index in [1.807, 2.05) is 0 Å². The number of quaternary nitrogens is 1. The predicted octanol–water partition coefficient (Wildman–Crippen LogP) is 0.138. The monoisotopic (exact) mass is 387 g/mol. The summed E-state index contributed by atoms with van der Waals surface area (Å²) in [5.74, 6) is 1.19. The molecule has 0 radical (unpaired) electrons. The number of nitrogens with zero attached hydrogens (tertiary/aromatic N) is 2. The Kier molecular flexibility index (Phi) is 3.79. The van der Waals surface area contributed by atoms with E-state index >= 15 is 0 Å². The molecule has 5 rings (SSSR count). The number of rotatable bonds is 1. The van der Waals surface area contributed by atoms with Crippen LogP contribution in [0.2, 0.25) is 0 Å². The fourth-order valence-corrected chi connectivity index (χ4v) is 5.38. The molecule has 7 nitrogen and oxygen atoms in total. The van der Waals surface area contributed by atoms with Gasteiger partial charge in [0.25, 0.3) is 11.4 Å². The number of ether oxygens (including phenoxy) is 1. The average molecular weight is 388 g/mol. The number of H-pyrrole nitrogens is 2. The molecule has 1 atom stereocenters. The van der Waals surface area contributed by atoms with Gasteiger partial charge in [0.1, 0.15) is 29.9 Å². The summed E-state index contributed by atoms with van der Waals surface area (Å²) >= 11 is 1.51. The molecule has 142 valence electrons. The molecule has 3 aromatic heterocycles. The first-order valence-electron chi connectivity index (χ1n) is 9.48. The lowest BCUT2D eigenvalue weighted by Crippen LogP contribution is -3.16. The van der Waals surface area contributed by atoms with Crippen LogP contribution in [-0.2, 0) is 17.7 Å². The molecule has 3 N–H and O–H groups in total. The molecule has 5 heterocycles. The first-order chi connectivity index (χ1) is 13.0. The molecule has 1 saturated heterocycles. The Labute approximate surface area is 161 Å². The van der Waals surface area contributed by atoms with Gasteiger partial charge in [0.2, 0.25) is 0 Å². The molecular formula is C19H25N5O2S+2. The number of nitrogens with one attached hydrogen (secondary N) is 3. The van der Waals surface area contributed by atoms with Crippen molar-refractivity contribution in [2.75, 3.05) is 38.3 Å². The summed E-state index contributed by atoms with van der Waals surface area (Å²) in [6.45, 7) is 8.88. The Bertz CT molecular complexity index is 1100. The Morgan fingerprint density at radius 3 is 2.89 bits per heavy atom. The van der Waals surface area contributed by atoms with Crippen molar-refractivity contribution < 1.29 is 14.6 Å². The van der Waals surface area contributed by atoms with Crippen molar-refractivity contribution in [2.24, 2.45) is 0 Å². The number of likely N-dealkylation sites (N-methyl/N-ethyl adjacent to an activating group) is 1. The van der Waals surface area contributed by atoms with Gasteiger partial charge in [-0.25, -0.2) is 9.97 Å². The minimum Gasteiger partial charge on any atom is -0.373 e. The fourth-order valence-electron chi connectivity index (χ4n) is 4.30. The van der Waals surface area contributed by atoms with Crippen LogP contribution < -0.4 is 20.3 Å². The summed E-state index contributed by atoms with van der Waals surface area (Å²) < 4.78 is 6.26. The molecule has 2 aliphatic rings. The minimum absolute atomic E-state index is 0.0610. The maximum atomic E-state index is 12.4. The molecule has 0 amide bonds. The summed E-state index contributed by atoms with van der Waals surface area (Å²) in [4.78, 5) is 28.2. The van der Waals surface area contributed by atoms with Crippen molar-refractivity contribution >= 4 is 37.6 Å². The van der Waals surface area contributed by atoms with Crippen LogP contribution in [0.15, 0.2) is 11.1 Å². The number of fused-ring (bicyclic) bond motifs is 5. The van der Waals surface area contributed by atoms with Crippen LogP contribution in [0.3, 0.4) is 0 Å². The second-order valence-corrected chi connectivity index (χ2v) is 9.28. The third-order valence-electron chi connectivity index (χ3n) is 6.21. The van der Waals surface area contributed by atoms with Crippen molar-refractivity contribution in [3.8, 4) is 0 Å². The van der Waals surface area contributed by atoms with E-state index in [9.17, 15) is 4.79 Å². The van der Waals surface area contributed by atoms with Gasteiger partial charge in [0, 0.05) is 6.42 Å². The van der Waals surface area contributed by atoms with Crippen molar-refractivity contribution in [1.82, 2.24) is 9.97 Å². The van der Waals surface area contributed by atoms with E-state index in [1.54, 1.807) is 0 Å². The van der Waals surface area contributed by atoms with Crippen LogP contribution in [0, 0.1) is 0 Å². The Hall–Kier alpha value is -2.03. The molecule has 0 bridgehead atoms. The molecule has 8 heteroatoms. The first kappa shape index (κ1) is 17.1. The summed E-state index contributed by atoms with van der Waals surface area (Å²) in [7, 11) is 2.27. The number of aromatic nitrogens is 3. The molecular weight excluding hydrogens is 362 g/mol. The number of thiophene rings is 1. The zero-order valence-electron chi connectivity index (χ0n) is 15.9. The highest BCUT2D eigenvalue weighted by atomic mass is 32.1. The molecule has 1 fully saturated rings. The van der Waals surface area contributed by atoms with Crippen molar-refractivity contribution in [2.45, 2.75) is 32.4 Å². The zero-order valence-corrected chi connectivity index (χ0v) is 16.8. The second kappa shape index (κ2) is 5.98. The molecule has 0 saturated carbocycles. The van der Waals surface area contributed by atoms with E-state index in [-0.39, 0.29) is 11.1 Å². The van der Waals surface area contributed by atoms with Crippen LogP contribution >= 0.6 is 11.3 Å². The highest BCUT2D eigenvalue weighted by molar-refractivity contribution is 7.25. The van der Waals surface area contributed by atoms with E-state index in [0.717, 1.165) is 55.0 Å². The third kappa shape index (κ3) is 2.58. The third-order valence-corrected chi connectivity index (χ3v) is 7.30. The van der Waals surface area contributed by atoms with Gasteiger partial charge in [-0.1, -0.05) is 11.3 Å². The fraction of sp³-hybridized carbons (Fsp3) is 0.526. The number of hydrogen-bond donors (Lipinski definition) is 2.